The molecule has 2 N–H and O–H groups in total. The lowest BCUT2D eigenvalue weighted by molar-refractivity contribution is -0.0932. The summed E-state index contributed by atoms with van der Waals surface area (Å²) in [5.74, 6) is 0.720. The molecule has 1 aromatic heterocycles. The largest absolute Gasteiger partial charge is 0.373 e. The van der Waals surface area contributed by atoms with Gasteiger partial charge >= 0.3 is 0 Å². The first kappa shape index (κ1) is 14.0. The summed E-state index contributed by atoms with van der Waals surface area (Å²) < 4.78 is 6.15. The van der Waals surface area contributed by atoms with Crippen LogP contribution in [0.3, 0.4) is 0 Å². The van der Waals surface area contributed by atoms with Gasteiger partial charge in [-0.2, -0.15) is 0 Å². The molecule has 2 nitrogen and oxygen atoms in total. The van der Waals surface area contributed by atoms with Gasteiger partial charge in [0.1, 0.15) is 0 Å². The van der Waals surface area contributed by atoms with Gasteiger partial charge in [0.15, 0.2) is 0 Å². The van der Waals surface area contributed by atoms with Crippen molar-refractivity contribution < 1.29 is 4.74 Å². The number of ether oxygens (including phenoxy) is 1. The molecule has 102 valence electrons. The lowest BCUT2D eigenvalue weighted by Crippen LogP contribution is -2.46. The fourth-order valence-corrected chi connectivity index (χ4v) is 4.20. The first-order chi connectivity index (χ1) is 8.57. The maximum Gasteiger partial charge on any atom is 0.0884 e. The van der Waals surface area contributed by atoms with Crippen LogP contribution in [0, 0.1) is 12.8 Å². The first-order valence-corrected chi connectivity index (χ1v) is 7.85. The highest BCUT2D eigenvalue weighted by Crippen LogP contribution is 2.43. The van der Waals surface area contributed by atoms with E-state index in [1.54, 1.807) is 0 Å². The zero-order valence-corrected chi connectivity index (χ0v) is 12.6. The molecule has 0 amide bonds. The third kappa shape index (κ3) is 2.79. The summed E-state index contributed by atoms with van der Waals surface area (Å²) in [5.41, 5.74) is 6.42. The molecule has 3 heteroatoms. The standard InChI is InChI=1S/C15H25NOS/c1-4-17-15(9-5-6-11(2)10-15)14(16)13-8-7-12(3)18-13/h7-8,11,14H,4-6,9-10,16H2,1-3H3. The molecule has 18 heavy (non-hydrogen) atoms. The Morgan fingerprint density at radius 2 is 2.33 bits per heavy atom. The number of hydrogen-bond acceptors (Lipinski definition) is 3. The molecule has 1 aliphatic rings. The number of rotatable bonds is 4. The monoisotopic (exact) mass is 267 g/mol. The lowest BCUT2D eigenvalue weighted by atomic mass is 9.74. The molecule has 0 aliphatic heterocycles. The molecule has 0 bridgehead atoms. The molecular formula is C15H25NOS. The minimum absolute atomic E-state index is 0.0268. The summed E-state index contributed by atoms with van der Waals surface area (Å²) in [7, 11) is 0. The topological polar surface area (TPSA) is 35.2 Å². The maximum absolute atomic E-state index is 6.55. The molecule has 0 spiro atoms. The summed E-state index contributed by atoms with van der Waals surface area (Å²) in [6, 6.07) is 4.36. The Hall–Kier alpha value is -0.380. The van der Waals surface area contributed by atoms with Crippen molar-refractivity contribution in [3.63, 3.8) is 0 Å². The van der Waals surface area contributed by atoms with Crippen molar-refractivity contribution in [1.82, 2.24) is 0 Å². The van der Waals surface area contributed by atoms with Crippen molar-refractivity contribution in [1.29, 1.82) is 0 Å². The van der Waals surface area contributed by atoms with Crippen LogP contribution in [0.2, 0.25) is 0 Å². The molecule has 3 atom stereocenters. The fraction of sp³-hybridized carbons (Fsp3) is 0.733. The Morgan fingerprint density at radius 3 is 2.89 bits per heavy atom. The Labute approximate surface area is 115 Å². The van der Waals surface area contributed by atoms with Crippen LogP contribution >= 0.6 is 11.3 Å². The molecule has 1 heterocycles. The molecular weight excluding hydrogens is 242 g/mol. The van der Waals surface area contributed by atoms with Gasteiger partial charge in [0.25, 0.3) is 0 Å². The third-order valence-corrected chi connectivity index (χ3v) is 5.14. The predicted molar refractivity (Wildman–Crippen MR) is 78.0 cm³/mol. The van der Waals surface area contributed by atoms with E-state index in [9.17, 15) is 0 Å². The van der Waals surface area contributed by atoms with Gasteiger partial charge in [-0.1, -0.05) is 19.8 Å². The second-order valence-electron chi connectivity index (χ2n) is 5.63. The van der Waals surface area contributed by atoms with Crippen molar-refractivity contribution in [3.8, 4) is 0 Å². The molecule has 1 saturated carbocycles. The summed E-state index contributed by atoms with van der Waals surface area (Å²) in [5, 5.41) is 0. The zero-order chi connectivity index (χ0) is 13.2. The van der Waals surface area contributed by atoms with Crippen molar-refractivity contribution in [3.05, 3.63) is 21.9 Å². The highest BCUT2D eigenvalue weighted by Gasteiger charge is 2.42. The smallest absolute Gasteiger partial charge is 0.0884 e. The molecule has 1 aliphatic carbocycles. The van der Waals surface area contributed by atoms with E-state index in [0.717, 1.165) is 25.4 Å². The highest BCUT2D eigenvalue weighted by atomic mass is 32.1. The lowest BCUT2D eigenvalue weighted by Gasteiger charge is -2.43. The van der Waals surface area contributed by atoms with E-state index in [2.05, 4.69) is 32.9 Å². The average Bonchev–Trinajstić information content (AvgIpc) is 2.75. The summed E-state index contributed by atoms with van der Waals surface area (Å²) in [6.07, 6.45) is 4.74. The summed E-state index contributed by atoms with van der Waals surface area (Å²) >= 11 is 1.81. The van der Waals surface area contributed by atoms with E-state index < -0.39 is 0 Å². The second-order valence-corrected chi connectivity index (χ2v) is 6.94. The number of hydrogen-bond donors (Lipinski definition) is 1. The molecule has 2 rings (SSSR count). The number of thiophene rings is 1. The SMILES string of the molecule is CCOC1(C(N)c2ccc(C)s2)CCCC(C)C1. The van der Waals surface area contributed by atoms with Crippen LogP contribution in [0.4, 0.5) is 0 Å². The Kier molecular flexibility index (Phi) is 4.46. The minimum Gasteiger partial charge on any atom is -0.373 e. The molecule has 1 aromatic rings. The summed E-state index contributed by atoms with van der Waals surface area (Å²) in [6.45, 7) is 7.29. The van der Waals surface area contributed by atoms with E-state index in [4.69, 9.17) is 10.5 Å². The van der Waals surface area contributed by atoms with Gasteiger partial charge in [0.2, 0.25) is 0 Å². The highest BCUT2D eigenvalue weighted by molar-refractivity contribution is 7.12. The Balaban J connectivity index is 2.23. The van der Waals surface area contributed by atoms with Gasteiger partial charge in [0, 0.05) is 16.4 Å². The van der Waals surface area contributed by atoms with Crippen molar-refractivity contribution in [2.45, 2.75) is 58.1 Å². The minimum atomic E-state index is -0.135. The van der Waals surface area contributed by atoms with Gasteiger partial charge in [-0.25, -0.2) is 0 Å². The first-order valence-electron chi connectivity index (χ1n) is 7.03. The van der Waals surface area contributed by atoms with Gasteiger partial charge in [0.05, 0.1) is 11.6 Å². The zero-order valence-electron chi connectivity index (χ0n) is 11.7. The number of aryl methyl sites for hydroxylation is 1. The van der Waals surface area contributed by atoms with E-state index in [-0.39, 0.29) is 11.6 Å². The van der Waals surface area contributed by atoms with Crippen LogP contribution in [-0.2, 0) is 4.74 Å². The van der Waals surface area contributed by atoms with Crippen molar-refractivity contribution >= 4 is 11.3 Å². The predicted octanol–water partition coefficient (Wildman–Crippen LogP) is 4.04. The molecule has 3 unspecified atom stereocenters. The van der Waals surface area contributed by atoms with Crippen LogP contribution in [0.1, 0.15) is 55.3 Å². The van der Waals surface area contributed by atoms with Gasteiger partial charge in [-0.3, -0.25) is 0 Å². The molecule has 0 saturated heterocycles. The van der Waals surface area contributed by atoms with Crippen LogP contribution in [0.5, 0.6) is 0 Å². The normalized spacial score (nSPS) is 30.3. The van der Waals surface area contributed by atoms with Gasteiger partial charge in [-0.15, -0.1) is 11.3 Å². The van der Waals surface area contributed by atoms with Gasteiger partial charge in [-0.05, 0) is 44.7 Å². The van der Waals surface area contributed by atoms with Crippen molar-refractivity contribution in [2.24, 2.45) is 11.7 Å². The van der Waals surface area contributed by atoms with Gasteiger partial charge < -0.3 is 10.5 Å². The molecule has 1 fully saturated rings. The van der Waals surface area contributed by atoms with Crippen LogP contribution in [0.15, 0.2) is 12.1 Å². The fourth-order valence-electron chi connectivity index (χ4n) is 3.21. The van der Waals surface area contributed by atoms with E-state index in [1.165, 1.54) is 22.6 Å². The van der Waals surface area contributed by atoms with E-state index in [1.807, 2.05) is 11.3 Å². The van der Waals surface area contributed by atoms with Crippen molar-refractivity contribution in [2.75, 3.05) is 6.61 Å². The average molecular weight is 267 g/mol. The quantitative estimate of drug-likeness (QED) is 0.893. The third-order valence-electron chi connectivity index (χ3n) is 4.06. The summed E-state index contributed by atoms with van der Waals surface area (Å²) in [4.78, 5) is 2.60. The maximum atomic E-state index is 6.55. The second kappa shape index (κ2) is 5.72. The Bertz CT molecular complexity index is 386. The van der Waals surface area contributed by atoms with Crippen LogP contribution in [-0.4, -0.2) is 12.2 Å². The van der Waals surface area contributed by atoms with E-state index in [0.29, 0.717) is 0 Å². The molecule has 0 aromatic carbocycles. The van der Waals surface area contributed by atoms with E-state index >= 15 is 0 Å². The number of nitrogens with two attached hydrogens (primary N) is 1. The van der Waals surface area contributed by atoms with Crippen LogP contribution < -0.4 is 5.73 Å². The van der Waals surface area contributed by atoms with Crippen LogP contribution in [0.25, 0.3) is 0 Å². The Morgan fingerprint density at radius 1 is 1.56 bits per heavy atom. The molecule has 0 radical (unpaired) electrons.